The van der Waals surface area contributed by atoms with Crippen LogP contribution in [0.15, 0.2) is 0 Å². The van der Waals surface area contributed by atoms with E-state index in [2.05, 4.69) is 4.90 Å². The van der Waals surface area contributed by atoms with E-state index in [-0.39, 0.29) is 0 Å². The molecule has 4 nitrogen and oxygen atoms in total. The highest BCUT2D eigenvalue weighted by atomic mass is 16.5. The van der Waals surface area contributed by atoms with Crippen LogP contribution in [-0.4, -0.2) is 42.6 Å². The van der Waals surface area contributed by atoms with Crippen molar-refractivity contribution in [2.45, 2.75) is 64.0 Å². The average Bonchev–Trinajstić information content (AvgIpc) is 2.37. The minimum absolute atomic E-state index is 0.345. The zero-order valence-electron chi connectivity index (χ0n) is 12.1. The third kappa shape index (κ3) is 3.93. The monoisotopic (exact) mass is 268 g/mol. The molecule has 2 rings (SSSR count). The maximum absolute atomic E-state index is 12.4. The molecular formula is C15H28N2O2. The summed E-state index contributed by atoms with van der Waals surface area (Å²) in [6, 6.07) is 0.397. The zero-order chi connectivity index (χ0) is 13.7. The number of likely N-dealkylation sites (tertiary alicyclic amines) is 1. The molecule has 1 amide bonds. The van der Waals surface area contributed by atoms with Crippen molar-refractivity contribution in [1.82, 2.24) is 4.90 Å². The number of nitrogens with two attached hydrogens (primary N) is 1. The van der Waals surface area contributed by atoms with Gasteiger partial charge in [0, 0.05) is 25.6 Å². The number of rotatable bonds is 6. The molecule has 1 aliphatic heterocycles. The number of ether oxygens (including phenoxy) is 1. The van der Waals surface area contributed by atoms with E-state index in [0.29, 0.717) is 36.9 Å². The first-order valence-electron chi connectivity index (χ1n) is 7.85. The Morgan fingerprint density at radius 1 is 1.37 bits per heavy atom. The summed E-state index contributed by atoms with van der Waals surface area (Å²) in [5.41, 5.74) is 5.66. The number of hydrogen-bond acceptors (Lipinski definition) is 3. The summed E-state index contributed by atoms with van der Waals surface area (Å²) in [6.07, 6.45) is 7.73. The van der Waals surface area contributed by atoms with Crippen LogP contribution in [0.1, 0.15) is 51.9 Å². The Morgan fingerprint density at radius 3 is 2.84 bits per heavy atom. The van der Waals surface area contributed by atoms with E-state index >= 15 is 0 Å². The molecule has 1 saturated carbocycles. The van der Waals surface area contributed by atoms with Crippen molar-refractivity contribution in [2.24, 2.45) is 11.7 Å². The molecule has 0 bridgehead atoms. The van der Waals surface area contributed by atoms with Crippen molar-refractivity contribution in [3.8, 4) is 0 Å². The fraction of sp³-hybridized carbons (Fsp3) is 0.933. The molecule has 0 aromatic carbocycles. The second kappa shape index (κ2) is 7.25. The number of carbonyl (C=O) groups excluding carboxylic acids is 1. The van der Waals surface area contributed by atoms with E-state index in [1.807, 2.05) is 6.92 Å². The Kier molecular flexibility index (Phi) is 5.64. The lowest BCUT2D eigenvalue weighted by molar-refractivity contribution is -0.138. The van der Waals surface area contributed by atoms with Crippen LogP contribution in [0.2, 0.25) is 0 Å². The fourth-order valence-corrected chi connectivity index (χ4v) is 3.40. The van der Waals surface area contributed by atoms with E-state index in [1.54, 1.807) is 0 Å². The number of piperidine rings is 1. The summed E-state index contributed by atoms with van der Waals surface area (Å²) in [7, 11) is 0. The fourth-order valence-electron chi connectivity index (χ4n) is 3.40. The highest BCUT2D eigenvalue weighted by Gasteiger charge is 2.34. The van der Waals surface area contributed by atoms with Gasteiger partial charge < -0.3 is 15.4 Å². The normalized spacial score (nSPS) is 31.1. The van der Waals surface area contributed by atoms with Crippen LogP contribution in [0.4, 0.5) is 0 Å². The van der Waals surface area contributed by atoms with Gasteiger partial charge in [0.15, 0.2) is 0 Å². The summed E-state index contributed by atoms with van der Waals surface area (Å²) >= 11 is 0. The second-order valence-electron chi connectivity index (χ2n) is 5.93. The highest BCUT2D eigenvalue weighted by Crippen LogP contribution is 2.34. The van der Waals surface area contributed by atoms with Crippen molar-refractivity contribution in [2.75, 3.05) is 19.7 Å². The molecule has 1 atom stereocenters. The minimum Gasteiger partial charge on any atom is -0.378 e. The first kappa shape index (κ1) is 14.8. The largest absolute Gasteiger partial charge is 0.378 e. The van der Waals surface area contributed by atoms with Crippen molar-refractivity contribution in [3.05, 3.63) is 0 Å². The summed E-state index contributed by atoms with van der Waals surface area (Å²) in [5, 5.41) is 0. The maximum atomic E-state index is 12.4. The molecule has 2 aliphatic rings. The summed E-state index contributed by atoms with van der Waals surface area (Å²) in [4.78, 5) is 14.5. The van der Waals surface area contributed by atoms with Gasteiger partial charge >= 0.3 is 0 Å². The van der Waals surface area contributed by atoms with Crippen molar-refractivity contribution in [3.63, 3.8) is 0 Å². The molecule has 4 heteroatoms. The predicted octanol–water partition coefficient (Wildman–Crippen LogP) is 1.92. The maximum Gasteiger partial charge on any atom is 0.223 e. The van der Waals surface area contributed by atoms with Crippen LogP contribution in [0.5, 0.6) is 0 Å². The quantitative estimate of drug-likeness (QED) is 0.800. The Labute approximate surface area is 116 Å². The Bertz CT molecular complexity index is 288. The summed E-state index contributed by atoms with van der Waals surface area (Å²) < 4.78 is 5.55. The molecular weight excluding hydrogens is 240 g/mol. The SMILES string of the molecule is CCOC1CC(CC(=O)N2CCCCC2CCN)C1. The minimum atomic E-state index is 0.345. The molecule has 110 valence electrons. The van der Waals surface area contributed by atoms with E-state index in [1.165, 1.54) is 6.42 Å². The first-order valence-corrected chi connectivity index (χ1v) is 7.85. The standard InChI is InChI=1S/C15H28N2O2/c1-2-19-14-9-12(10-14)11-15(18)17-8-4-3-5-13(17)6-7-16/h12-14H,2-11,16H2,1H3. The van der Waals surface area contributed by atoms with Crippen LogP contribution in [-0.2, 0) is 9.53 Å². The zero-order valence-corrected chi connectivity index (χ0v) is 12.1. The van der Waals surface area contributed by atoms with Gasteiger partial charge in [-0.1, -0.05) is 0 Å². The molecule has 0 spiro atoms. The van der Waals surface area contributed by atoms with Crippen molar-refractivity contribution >= 4 is 5.91 Å². The van der Waals surface area contributed by atoms with Gasteiger partial charge in [0.1, 0.15) is 0 Å². The van der Waals surface area contributed by atoms with Crippen LogP contribution in [0.3, 0.4) is 0 Å². The van der Waals surface area contributed by atoms with Crippen LogP contribution in [0.25, 0.3) is 0 Å². The van der Waals surface area contributed by atoms with Crippen LogP contribution in [0, 0.1) is 5.92 Å². The third-order valence-corrected chi connectivity index (χ3v) is 4.51. The van der Waals surface area contributed by atoms with E-state index in [9.17, 15) is 4.79 Å². The molecule has 0 radical (unpaired) electrons. The number of hydrogen-bond donors (Lipinski definition) is 1. The average molecular weight is 268 g/mol. The molecule has 2 fully saturated rings. The smallest absolute Gasteiger partial charge is 0.223 e. The van der Waals surface area contributed by atoms with Gasteiger partial charge in [0.2, 0.25) is 5.91 Å². The highest BCUT2D eigenvalue weighted by molar-refractivity contribution is 5.77. The van der Waals surface area contributed by atoms with E-state index in [0.717, 1.165) is 45.3 Å². The second-order valence-corrected chi connectivity index (χ2v) is 5.93. The van der Waals surface area contributed by atoms with Crippen LogP contribution >= 0.6 is 0 Å². The number of amides is 1. The predicted molar refractivity (Wildman–Crippen MR) is 75.8 cm³/mol. The lowest BCUT2D eigenvalue weighted by Gasteiger charge is -2.39. The Balaban J connectivity index is 1.75. The molecule has 1 aliphatic carbocycles. The Morgan fingerprint density at radius 2 is 2.16 bits per heavy atom. The van der Waals surface area contributed by atoms with E-state index < -0.39 is 0 Å². The van der Waals surface area contributed by atoms with Gasteiger partial charge in [-0.05, 0) is 57.9 Å². The molecule has 19 heavy (non-hydrogen) atoms. The first-order chi connectivity index (χ1) is 9.24. The van der Waals surface area contributed by atoms with Gasteiger partial charge in [-0.15, -0.1) is 0 Å². The van der Waals surface area contributed by atoms with Gasteiger partial charge in [-0.2, -0.15) is 0 Å². The summed E-state index contributed by atoms with van der Waals surface area (Å²) in [5.74, 6) is 0.891. The lowest BCUT2D eigenvalue weighted by Crippen LogP contribution is -2.46. The van der Waals surface area contributed by atoms with E-state index in [4.69, 9.17) is 10.5 Å². The van der Waals surface area contributed by atoms with Gasteiger partial charge in [0.05, 0.1) is 6.10 Å². The molecule has 2 N–H and O–H groups in total. The number of carbonyl (C=O) groups is 1. The Hall–Kier alpha value is -0.610. The van der Waals surface area contributed by atoms with Crippen LogP contribution < -0.4 is 5.73 Å². The lowest BCUT2D eigenvalue weighted by atomic mass is 9.79. The van der Waals surface area contributed by atoms with Gasteiger partial charge in [-0.3, -0.25) is 4.79 Å². The third-order valence-electron chi connectivity index (χ3n) is 4.51. The van der Waals surface area contributed by atoms with Crippen molar-refractivity contribution in [1.29, 1.82) is 0 Å². The van der Waals surface area contributed by atoms with Gasteiger partial charge in [-0.25, -0.2) is 0 Å². The molecule has 1 heterocycles. The summed E-state index contributed by atoms with van der Waals surface area (Å²) in [6.45, 7) is 4.44. The van der Waals surface area contributed by atoms with Crippen molar-refractivity contribution < 1.29 is 9.53 Å². The molecule has 0 aromatic rings. The van der Waals surface area contributed by atoms with Gasteiger partial charge in [0.25, 0.3) is 0 Å². The topological polar surface area (TPSA) is 55.6 Å². The molecule has 0 aromatic heterocycles. The molecule has 1 saturated heterocycles. The molecule has 1 unspecified atom stereocenters. The number of nitrogens with zero attached hydrogens (tertiary/aromatic N) is 1.